The molecule has 106 valence electrons. The fraction of sp³-hybridized carbons (Fsp3) is 0.545. The molecule has 2 unspecified atom stereocenters. The highest BCUT2D eigenvalue weighted by Crippen LogP contribution is 2.00. The largest absolute Gasteiger partial charge is 0.479 e. The molecule has 2 amide bonds. The average molecular weight is 270 g/mol. The van der Waals surface area contributed by atoms with Crippen molar-refractivity contribution >= 4 is 12.0 Å². The van der Waals surface area contributed by atoms with Crippen LogP contribution in [-0.4, -0.2) is 50.2 Å². The van der Waals surface area contributed by atoms with Crippen molar-refractivity contribution in [1.29, 1.82) is 0 Å². The Morgan fingerprint density at radius 2 is 2.21 bits per heavy atom. The van der Waals surface area contributed by atoms with Crippen LogP contribution in [-0.2, 0) is 11.3 Å². The van der Waals surface area contributed by atoms with Gasteiger partial charge in [-0.1, -0.05) is 0 Å². The van der Waals surface area contributed by atoms with E-state index in [1.807, 2.05) is 0 Å². The Labute approximate surface area is 110 Å². The van der Waals surface area contributed by atoms with Gasteiger partial charge in [0.2, 0.25) is 0 Å². The zero-order chi connectivity index (χ0) is 14.5. The summed E-state index contributed by atoms with van der Waals surface area (Å²) in [5.74, 6) is -1.39. The van der Waals surface area contributed by atoms with Gasteiger partial charge in [-0.05, 0) is 19.9 Å². The number of carboxylic acids is 1. The van der Waals surface area contributed by atoms with E-state index in [1.54, 1.807) is 30.1 Å². The number of hydrogen-bond acceptors (Lipinski definition) is 4. The molecule has 2 atom stereocenters. The maximum absolute atomic E-state index is 11.5. The third-order valence-corrected chi connectivity index (χ3v) is 2.45. The standard InChI is InChI=1S/C11H18N4O4/c1-8(6-15-5-3-4-13-15)14-10(18)12-7-11(2,19)9(16)17/h3-5,8,19H,6-7H2,1-2H3,(H,16,17)(H2,12,14,18). The van der Waals surface area contributed by atoms with Gasteiger partial charge in [-0.15, -0.1) is 0 Å². The summed E-state index contributed by atoms with van der Waals surface area (Å²) in [7, 11) is 0. The Kier molecular flexibility index (Phi) is 4.87. The third-order valence-electron chi connectivity index (χ3n) is 2.45. The van der Waals surface area contributed by atoms with Crippen LogP contribution in [0.25, 0.3) is 0 Å². The fourth-order valence-electron chi connectivity index (χ4n) is 1.34. The molecule has 0 aliphatic heterocycles. The molecule has 19 heavy (non-hydrogen) atoms. The van der Waals surface area contributed by atoms with Crippen LogP contribution in [0.3, 0.4) is 0 Å². The Bertz CT molecular complexity index is 430. The minimum absolute atomic E-state index is 0.185. The van der Waals surface area contributed by atoms with Gasteiger partial charge in [-0.3, -0.25) is 4.68 Å². The third kappa shape index (κ3) is 4.96. The number of hydrogen-bond donors (Lipinski definition) is 4. The molecule has 8 nitrogen and oxygen atoms in total. The zero-order valence-corrected chi connectivity index (χ0v) is 10.8. The molecule has 1 aromatic rings. The van der Waals surface area contributed by atoms with E-state index in [9.17, 15) is 14.7 Å². The van der Waals surface area contributed by atoms with Crippen LogP contribution in [0.5, 0.6) is 0 Å². The topological polar surface area (TPSA) is 116 Å². The van der Waals surface area contributed by atoms with E-state index in [1.165, 1.54) is 0 Å². The Morgan fingerprint density at radius 3 is 2.74 bits per heavy atom. The van der Waals surface area contributed by atoms with Crippen molar-refractivity contribution in [3.8, 4) is 0 Å². The molecular weight excluding hydrogens is 252 g/mol. The Morgan fingerprint density at radius 1 is 1.53 bits per heavy atom. The Hall–Kier alpha value is -2.09. The molecule has 0 aliphatic rings. The molecule has 1 heterocycles. The lowest BCUT2D eigenvalue weighted by Crippen LogP contribution is -2.50. The van der Waals surface area contributed by atoms with Gasteiger partial charge in [0.05, 0.1) is 13.1 Å². The second-order valence-corrected chi connectivity index (χ2v) is 4.54. The molecule has 1 aromatic heterocycles. The average Bonchev–Trinajstić information content (AvgIpc) is 2.78. The van der Waals surface area contributed by atoms with E-state index >= 15 is 0 Å². The van der Waals surface area contributed by atoms with Gasteiger partial charge in [-0.25, -0.2) is 9.59 Å². The minimum Gasteiger partial charge on any atom is -0.479 e. The highest BCUT2D eigenvalue weighted by Gasteiger charge is 2.30. The minimum atomic E-state index is -1.98. The summed E-state index contributed by atoms with van der Waals surface area (Å²) in [6, 6.07) is 1.05. The normalized spacial score (nSPS) is 15.3. The number of carbonyl (C=O) groups excluding carboxylic acids is 1. The number of carbonyl (C=O) groups is 2. The van der Waals surface area contributed by atoms with Crippen molar-refractivity contribution < 1.29 is 19.8 Å². The first-order valence-corrected chi connectivity index (χ1v) is 5.79. The van der Waals surface area contributed by atoms with E-state index in [4.69, 9.17) is 5.11 Å². The highest BCUT2D eigenvalue weighted by molar-refractivity contribution is 5.79. The van der Waals surface area contributed by atoms with Crippen molar-refractivity contribution in [1.82, 2.24) is 20.4 Å². The number of carboxylic acid groups (broad SMARTS) is 1. The molecule has 0 spiro atoms. The van der Waals surface area contributed by atoms with Crippen LogP contribution >= 0.6 is 0 Å². The lowest BCUT2D eigenvalue weighted by atomic mass is 10.1. The number of aliphatic carboxylic acids is 1. The van der Waals surface area contributed by atoms with Crippen molar-refractivity contribution in [2.24, 2.45) is 0 Å². The van der Waals surface area contributed by atoms with E-state index in [-0.39, 0.29) is 12.6 Å². The molecule has 0 saturated heterocycles. The van der Waals surface area contributed by atoms with E-state index in [2.05, 4.69) is 15.7 Å². The van der Waals surface area contributed by atoms with Gasteiger partial charge >= 0.3 is 12.0 Å². The number of amides is 2. The first-order chi connectivity index (χ1) is 8.81. The van der Waals surface area contributed by atoms with Crippen LogP contribution in [0.1, 0.15) is 13.8 Å². The highest BCUT2D eigenvalue weighted by atomic mass is 16.4. The fourth-order valence-corrected chi connectivity index (χ4v) is 1.34. The maximum Gasteiger partial charge on any atom is 0.337 e. The number of nitrogens with one attached hydrogen (secondary N) is 2. The summed E-state index contributed by atoms with van der Waals surface area (Å²) in [6.07, 6.45) is 3.40. The number of urea groups is 1. The monoisotopic (exact) mass is 270 g/mol. The molecule has 0 fully saturated rings. The molecule has 0 bridgehead atoms. The summed E-state index contributed by atoms with van der Waals surface area (Å²) >= 11 is 0. The van der Waals surface area contributed by atoms with E-state index < -0.39 is 17.6 Å². The summed E-state index contributed by atoms with van der Waals surface area (Å²) in [6.45, 7) is 3.03. The van der Waals surface area contributed by atoms with Gasteiger partial charge in [0.1, 0.15) is 0 Å². The lowest BCUT2D eigenvalue weighted by Gasteiger charge is -2.20. The van der Waals surface area contributed by atoms with Gasteiger partial charge in [0.15, 0.2) is 5.60 Å². The van der Waals surface area contributed by atoms with Crippen molar-refractivity contribution in [3.63, 3.8) is 0 Å². The zero-order valence-electron chi connectivity index (χ0n) is 10.8. The molecule has 0 aliphatic carbocycles. The van der Waals surface area contributed by atoms with Crippen LogP contribution in [0.15, 0.2) is 18.5 Å². The quantitative estimate of drug-likeness (QED) is 0.551. The number of rotatable bonds is 6. The maximum atomic E-state index is 11.5. The second kappa shape index (κ2) is 6.19. The smallest absolute Gasteiger partial charge is 0.337 e. The lowest BCUT2D eigenvalue weighted by molar-refractivity contribution is -0.155. The summed E-state index contributed by atoms with van der Waals surface area (Å²) in [4.78, 5) is 22.1. The molecule has 4 N–H and O–H groups in total. The Balaban J connectivity index is 2.33. The van der Waals surface area contributed by atoms with Gasteiger partial charge in [0.25, 0.3) is 0 Å². The molecule has 0 aromatic carbocycles. The van der Waals surface area contributed by atoms with Gasteiger partial charge < -0.3 is 20.8 Å². The second-order valence-electron chi connectivity index (χ2n) is 4.54. The van der Waals surface area contributed by atoms with Crippen LogP contribution in [0.4, 0.5) is 4.79 Å². The summed E-state index contributed by atoms with van der Waals surface area (Å²) < 4.78 is 1.67. The summed E-state index contributed by atoms with van der Waals surface area (Å²) in [5, 5.41) is 27.0. The van der Waals surface area contributed by atoms with E-state index in [0.29, 0.717) is 6.54 Å². The van der Waals surface area contributed by atoms with Crippen LogP contribution in [0, 0.1) is 0 Å². The number of nitrogens with zero attached hydrogens (tertiary/aromatic N) is 2. The SMILES string of the molecule is CC(Cn1cccn1)NC(=O)NCC(C)(O)C(=O)O. The molecular formula is C11H18N4O4. The molecule has 8 heteroatoms. The predicted octanol–water partition coefficient (Wildman–Crippen LogP) is -0.594. The predicted molar refractivity (Wildman–Crippen MR) is 66.5 cm³/mol. The number of aliphatic hydroxyl groups is 1. The van der Waals surface area contributed by atoms with Crippen LogP contribution < -0.4 is 10.6 Å². The first kappa shape index (κ1) is 15.0. The van der Waals surface area contributed by atoms with E-state index in [0.717, 1.165) is 6.92 Å². The van der Waals surface area contributed by atoms with Crippen LogP contribution in [0.2, 0.25) is 0 Å². The van der Waals surface area contributed by atoms with Gasteiger partial charge in [-0.2, -0.15) is 5.10 Å². The first-order valence-electron chi connectivity index (χ1n) is 5.79. The van der Waals surface area contributed by atoms with Gasteiger partial charge in [0, 0.05) is 18.4 Å². The molecule has 0 saturated carbocycles. The van der Waals surface area contributed by atoms with Crippen molar-refractivity contribution in [2.45, 2.75) is 32.0 Å². The van der Waals surface area contributed by atoms with Crippen molar-refractivity contribution in [3.05, 3.63) is 18.5 Å². The molecule has 1 rings (SSSR count). The summed E-state index contributed by atoms with van der Waals surface area (Å²) in [5.41, 5.74) is -1.98. The number of aromatic nitrogens is 2. The van der Waals surface area contributed by atoms with Crippen molar-refractivity contribution in [2.75, 3.05) is 6.54 Å². The molecule has 0 radical (unpaired) electrons.